The van der Waals surface area contributed by atoms with E-state index in [1.807, 2.05) is 0 Å². The van der Waals surface area contributed by atoms with E-state index >= 15 is 0 Å². The zero-order valence-corrected chi connectivity index (χ0v) is 17.3. The Morgan fingerprint density at radius 1 is 1.23 bits per heavy atom. The zero-order chi connectivity index (χ0) is 21.6. The van der Waals surface area contributed by atoms with E-state index in [4.69, 9.17) is 11.6 Å². The minimum absolute atomic E-state index is 0.0580. The van der Waals surface area contributed by atoms with Gasteiger partial charge in [0.15, 0.2) is 0 Å². The Balaban J connectivity index is 2.01. The van der Waals surface area contributed by atoms with Crippen LogP contribution in [0.3, 0.4) is 0 Å². The van der Waals surface area contributed by atoms with Crippen LogP contribution >= 0.6 is 11.6 Å². The summed E-state index contributed by atoms with van der Waals surface area (Å²) in [5, 5.41) is 12.7. The molecular formula is C20H17ClFN3O4S. The van der Waals surface area contributed by atoms with Crippen LogP contribution in [0.25, 0.3) is 11.3 Å². The third-order valence-corrected chi connectivity index (χ3v) is 6.94. The first-order valence-corrected chi connectivity index (χ1v) is 10.7. The highest BCUT2D eigenvalue weighted by atomic mass is 35.5. The number of halogens is 2. The molecule has 2 aromatic carbocycles. The van der Waals surface area contributed by atoms with Crippen LogP contribution in [0.1, 0.15) is 17.3 Å². The number of nitrogens with one attached hydrogen (secondary N) is 1. The molecule has 3 aromatic rings. The summed E-state index contributed by atoms with van der Waals surface area (Å²) in [5.74, 6) is -0.615. The summed E-state index contributed by atoms with van der Waals surface area (Å²) in [6.07, 6.45) is -0.592. The number of hydrogen-bond acceptors (Lipinski definition) is 4. The molecule has 2 heterocycles. The molecule has 1 atom stereocenters. The summed E-state index contributed by atoms with van der Waals surface area (Å²) in [6, 6.07) is 11.6. The van der Waals surface area contributed by atoms with E-state index in [2.05, 4.69) is 5.32 Å². The number of amides is 1. The van der Waals surface area contributed by atoms with E-state index in [0.29, 0.717) is 11.1 Å². The molecule has 10 heteroatoms. The minimum Gasteiger partial charge on any atom is -0.465 e. The van der Waals surface area contributed by atoms with Gasteiger partial charge < -0.3 is 5.11 Å². The van der Waals surface area contributed by atoms with Crippen LogP contribution in [0.15, 0.2) is 59.6 Å². The highest BCUT2D eigenvalue weighted by Crippen LogP contribution is 2.42. The summed E-state index contributed by atoms with van der Waals surface area (Å²) in [7, 11) is -2.56. The van der Waals surface area contributed by atoms with Gasteiger partial charge in [-0.1, -0.05) is 29.8 Å². The monoisotopic (exact) mass is 449 g/mol. The van der Waals surface area contributed by atoms with Gasteiger partial charge in [-0.2, -0.15) is 0 Å². The molecule has 156 valence electrons. The second-order valence-electron chi connectivity index (χ2n) is 6.75. The van der Waals surface area contributed by atoms with E-state index in [0.717, 1.165) is 8.87 Å². The standard InChI is InChI=1S/C20H17ClFN3O4S/c1-23-19-16-11-25(30(28,29)13-6-4-5-12(21)9-13)18(14-7-2-3-8-17(14)22)15(16)10-24(19)20(26)27/h2-9,11,19,23H,10H2,1H3,(H,26,27). The minimum atomic E-state index is -4.13. The maximum Gasteiger partial charge on any atom is 0.409 e. The van der Waals surface area contributed by atoms with Crippen LogP contribution in [0, 0.1) is 5.82 Å². The summed E-state index contributed by atoms with van der Waals surface area (Å²) in [4.78, 5) is 12.7. The molecular weight excluding hydrogens is 433 g/mol. The molecule has 0 saturated carbocycles. The first-order valence-electron chi connectivity index (χ1n) is 8.92. The van der Waals surface area contributed by atoms with Crippen LogP contribution in [-0.4, -0.2) is 35.5 Å². The van der Waals surface area contributed by atoms with Crippen LogP contribution in [-0.2, 0) is 16.6 Å². The van der Waals surface area contributed by atoms with Gasteiger partial charge in [0.25, 0.3) is 10.0 Å². The fourth-order valence-corrected chi connectivity index (χ4v) is 5.43. The maximum absolute atomic E-state index is 14.7. The highest BCUT2D eigenvalue weighted by molar-refractivity contribution is 7.90. The number of nitrogens with zero attached hydrogens (tertiary/aromatic N) is 2. The molecule has 2 N–H and O–H groups in total. The molecule has 0 aliphatic carbocycles. The van der Waals surface area contributed by atoms with Gasteiger partial charge in [-0.25, -0.2) is 21.6 Å². The predicted molar refractivity (Wildman–Crippen MR) is 109 cm³/mol. The van der Waals surface area contributed by atoms with Crippen molar-refractivity contribution >= 4 is 27.7 Å². The smallest absolute Gasteiger partial charge is 0.409 e. The molecule has 0 bridgehead atoms. The molecule has 1 unspecified atom stereocenters. The normalized spacial score (nSPS) is 16.0. The number of carbonyl (C=O) groups is 1. The molecule has 0 radical (unpaired) electrons. The van der Waals surface area contributed by atoms with Gasteiger partial charge in [0.1, 0.15) is 12.0 Å². The second-order valence-corrected chi connectivity index (χ2v) is 9.00. The van der Waals surface area contributed by atoms with Gasteiger partial charge in [0.05, 0.1) is 17.1 Å². The lowest BCUT2D eigenvalue weighted by Crippen LogP contribution is -2.35. The van der Waals surface area contributed by atoms with E-state index < -0.39 is 28.1 Å². The number of fused-ring (bicyclic) bond motifs is 1. The first kappa shape index (κ1) is 20.4. The number of carboxylic acid groups (broad SMARTS) is 1. The Bertz CT molecular complexity index is 1260. The van der Waals surface area contributed by atoms with Crippen molar-refractivity contribution in [2.75, 3.05) is 7.05 Å². The number of benzene rings is 2. The largest absolute Gasteiger partial charge is 0.465 e. The Labute approximate surface area is 177 Å². The van der Waals surface area contributed by atoms with Crippen molar-refractivity contribution in [3.63, 3.8) is 0 Å². The molecule has 1 aromatic heterocycles. The molecule has 0 fully saturated rings. The van der Waals surface area contributed by atoms with Crippen molar-refractivity contribution < 1.29 is 22.7 Å². The van der Waals surface area contributed by atoms with Crippen LogP contribution in [0.4, 0.5) is 9.18 Å². The summed E-state index contributed by atoms with van der Waals surface area (Å²) in [6.45, 7) is -0.0854. The summed E-state index contributed by atoms with van der Waals surface area (Å²) in [5.41, 5.74) is 1.02. The van der Waals surface area contributed by atoms with Crippen molar-refractivity contribution in [2.45, 2.75) is 17.6 Å². The van der Waals surface area contributed by atoms with Crippen LogP contribution in [0.2, 0.25) is 5.02 Å². The van der Waals surface area contributed by atoms with Crippen molar-refractivity contribution in [1.82, 2.24) is 14.2 Å². The van der Waals surface area contributed by atoms with Crippen LogP contribution < -0.4 is 5.32 Å². The Hall–Kier alpha value is -2.88. The number of aromatic nitrogens is 1. The van der Waals surface area contributed by atoms with Gasteiger partial charge in [0, 0.05) is 27.9 Å². The molecule has 1 aliphatic heterocycles. The van der Waals surface area contributed by atoms with Gasteiger partial charge in [-0.3, -0.25) is 10.2 Å². The lowest BCUT2D eigenvalue weighted by molar-refractivity contribution is 0.121. The topological polar surface area (TPSA) is 91.6 Å². The molecule has 4 rings (SSSR count). The Kier molecular flexibility index (Phi) is 5.05. The molecule has 1 aliphatic rings. The van der Waals surface area contributed by atoms with E-state index in [1.54, 1.807) is 19.2 Å². The Morgan fingerprint density at radius 3 is 2.60 bits per heavy atom. The number of hydrogen-bond donors (Lipinski definition) is 2. The Morgan fingerprint density at radius 2 is 1.97 bits per heavy atom. The molecule has 0 spiro atoms. The number of rotatable bonds is 4. The zero-order valence-electron chi connectivity index (χ0n) is 15.7. The lowest BCUT2D eigenvalue weighted by atomic mass is 10.1. The van der Waals surface area contributed by atoms with Gasteiger partial charge in [-0.05, 0) is 37.4 Å². The molecule has 1 amide bonds. The molecule has 30 heavy (non-hydrogen) atoms. The quantitative estimate of drug-likeness (QED) is 0.630. The van der Waals surface area contributed by atoms with Crippen LogP contribution in [0.5, 0.6) is 0 Å². The van der Waals surface area contributed by atoms with Gasteiger partial charge >= 0.3 is 6.09 Å². The van der Waals surface area contributed by atoms with Gasteiger partial charge in [-0.15, -0.1) is 0 Å². The van der Waals surface area contributed by atoms with Crippen molar-refractivity contribution in [1.29, 1.82) is 0 Å². The first-order chi connectivity index (χ1) is 14.3. The fraction of sp³-hybridized carbons (Fsp3) is 0.150. The van der Waals surface area contributed by atoms with E-state index in [-0.39, 0.29) is 27.7 Å². The lowest BCUT2D eigenvalue weighted by Gasteiger charge is -2.22. The van der Waals surface area contributed by atoms with E-state index in [1.165, 1.54) is 42.6 Å². The SMILES string of the molecule is CNC1c2cn(S(=O)(=O)c3cccc(Cl)c3)c(-c3ccccc3F)c2CN1C(=O)O. The van der Waals surface area contributed by atoms with Crippen molar-refractivity contribution in [2.24, 2.45) is 0 Å². The van der Waals surface area contributed by atoms with E-state index in [9.17, 15) is 22.7 Å². The highest BCUT2D eigenvalue weighted by Gasteiger charge is 2.39. The summed E-state index contributed by atoms with van der Waals surface area (Å²) >= 11 is 5.98. The average molecular weight is 450 g/mol. The average Bonchev–Trinajstić information content (AvgIpc) is 3.25. The second kappa shape index (κ2) is 7.42. The van der Waals surface area contributed by atoms with Crippen molar-refractivity contribution in [3.05, 3.63) is 76.7 Å². The fourth-order valence-electron chi connectivity index (χ4n) is 3.72. The van der Waals surface area contributed by atoms with Crippen molar-refractivity contribution in [3.8, 4) is 11.3 Å². The third-order valence-electron chi connectivity index (χ3n) is 5.05. The maximum atomic E-state index is 14.7. The van der Waals surface area contributed by atoms with Gasteiger partial charge in [0.2, 0.25) is 0 Å². The third kappa shape index (κ3) is 3.15. The molecule has 7 nitrogen and oxygen atoms in total. The molecule has 0 saturated heterocycles. The predicted octanol–water partition coefficient (Wildman–Crippen LogP) is 3.90. The summed E-state index contributed by atoms with van der Waals surface area (Å²) < 4.78 is 42.6.